The Hall–Kier alpha value is -2.20. The number of pyridine rings is 1. The number of morpholine rings is 1. The number of hydrogen-bond acceptors (Lipinski definition) is 7. The number of ether oxygens (including phenoxy) is 2. The fraction of sp³-hybridized carbons (Fsp3) is 0.458. The number of thioether (sulfide) groups is 1. The zero-order valence-electron chi connectivity index (χ0n) is 19.4. The van der Waals surface area contributed by atoms with Gasteiger partial charge in [0.15, 0.2) is 0 Å². The van der Waals surface area contributed by atoms with E-state index in [1.165, 1.54) is 11.8 Å². The molecule has 1 amide bonds. The molecule has 1 aromatic heterocycles. The average Bonchev–Trinajstić information content (AvgIpc) is 3.04. The molecule has 0 spiro atoms. The molecule has 2 aliphatic rings. The second-order valence-corrected chi connectivity index (χ2v) is 10.2. The number of benzene rings is 1. The number of anilines is 1. The topological polar surface area (TPSA) is 64.0 Å². The molecule has 33 heavy (non-hydrogen) atoms. The smallest absolute Gasteiger partial charge is 0.266 e. The number of para-hydroxylation sites is 1. The largest absolute Gasteiger partial charge is 0.385 e. The molecule has 2 atom stereocenters. The third-order valence-electron chi connectivity index (χ3n) is 5.93. The van der Waals surface area contributed by atoms with Crippen molar-refractivity contribution in [2.75, 3.05) is 38.3 Å². The number of thiocarbonyl (C=S) groups is 1. The van der Waals surface area contributed by atoms with Crippen LogP contribution in [0.15, 0.2) is 34.0 Å². The van der Waals surface area contributed by atoms with E-state index >= 15 is 0 Å². The third kappa shape index (κ3) is 4.73. The Labute approximate surface area is 203 Å². The van der Waals surface area contributed by atoms with Gasteiger partial charge in [-0.25, -0.2) is 0 Å². The molecule has 0 bridgehead atoms. The van der Waals surface area contributed by atoms with E-state index in [4.69, 9.17) is 21.7 Å². The quantitative estimate of drug-likeness (QED) is 0.352. The van der Waals surface area contributed by atoms with Gasteiger partial charge in [-0.3, -0.25) is 14.5 Å². The Morgan fingerprint density at radius 2 is 1.91 bits per heavy atom. The number of hydrogen-bond donors (Lipinski definition) is 0. The molecule has 176 valence electrons. The van der Waals surface area contributed by atoms with E-state index in [2.05, 4.69) is 4.90 Å². The van der Waals surface area contributed by atoms with Crippen molar-refractivity contribution in [1.29, 1.82) is 0 Å². The first-order chi connectivity index (χ1) is 15.8. The Morgan fingerprint density at radius 3 is 2.61 bits per heavy atom. The first-order valence-corrected chi connectivity index (χ1v) is 12.3. The van der Waals surface area contributed by atoms with Crippen LogP contribution in [0.25, 0.3) is 17.0 Å². The van der Waals surface area contributed by atoms with Crippen molar-refractivity contribution in [2.24, 2.45) is 7.05 Å². The van der Waals surface area contributed by atoms with Crippen molar-refractivity contribution in [3.05, 3.63) is 45.1 Å². The first-order valence-electron chi connectivity index (χ1n) is 11.1. The third-order valence-corrected chi connectivity index (χ3v) is 7.30. The highest BCUT2D eigenvalue weighted by molar-refractivity contribution is 8.26. The van der Waals surface area contributed by atoms with Crippen molar-refractivity contribution < 1.29 is 14.3 Å². The number of carbonyl (C=O) groups is 1. The lowest BCUT2D eigenvalue weighted by atomic mass is 10.0. The summed E-state index contributed by atoms with van der Waals surface area (Å²) < 4.78 is 13.2. The van der Waals surface area contributed by atoms with Gasteiger partial charge in [-0.05, 0) is 32.4 Å². The highest BCUT2D eigenvalue weighted by Crippen LogP contribution is 2.36. The molecule has 0 aliphatic carbocycles. The van der Waals surface area contributed by atoms with Crippen LogP contribution in [0.4, 0.5) is 5.69 Å². The summed E-state index contributed by atoms with van der Waals surface area (Å²) in [4.78, 5) is 31.0. The van der Waals surface area contributed by atoms with Crippen LogP contribution in [-0.4, -0.2) is 65.3 Å². The summed E-state index contributed by atoms with van der Waals surface area (Å²) in [5.74, 6) is -0.161. The van der Waals surface area contributed by atoms with Gasteiger partial charge >= 0.3 is 0 Å². The number of rotatable bonds is 6. The number of carbonyl (C=O) groups excluding carboxylic acids is 1. The SMILES string of the molecule is COCCCN1C(=O)C(=Cc2c(N3CC(C)OC(C)C3)c3ccccc3n(C)c2=O)SC1=S. The molecule has 2 aromatic rings. The van der Waals surface area contributed by atoms with E-state index in [-0.39, 0.29) is 23.7 Å². The van der Waals surface area contributed by atoms with Gasteiger partial charge in [-0.2, -0.15) is 0 Å². The summed E-state index contributed by atoms with van der Waals surface area (Å²) in [7, 11) is 3.40. The lowest BCUT2D eigenvalue weighted by molar-refractivity contribution is -0.122. The minimum atomic E-state index is -0.161. The number of amides is 1. The van der Waals surface area contributed by atoms with Gasteiger partial charge in [-0.15, -0.1) is 0 Å². The molecule has 4 rings (SSSR count). The van der Waals surface area contributed by atoms with Gasteiger partial charge in [0.2, 0.25) is 0 Å². The van der Waals surface area contributed by atoms with Gasteiger partial charge in [-0.1, -0.05) is 42.2 Å². The monoisotopic (exact) mass is 487 g/mol. The molecule has 2 fully saturated rings. The number of aromatic nitrogens is 1. The molecule has 2 unspecified atom stereocenters. The molecule has 2 saturated heterocycles. The Kier molecular flexibility index (Phi) is 7.23. The van der Waals surface area contributed by atoms with E-state index in [9.17, 15) is 9.59 Å². The normalized spacial score (nSPS) is 22.7. The average molecular weight is 488 g/mol. The standard InChI is InChI=1S/C24H29N3O4S2/c1-15-13-26(14-16(2)31-15)21-17-8-5-6-9-19(17)25(3)22(28)18(21)12-20-23(29)27(24(32)33-20)10-7-11-30-4/h5-6,8-9,12,15-16H,7,10-11,13-14H2,1-4H3. The Balaban J connectivity index is 1.84. The lowest BCUT2D eigenvalue weighted by Gasteiger charge is -2.38. The van der Waals surface area contributed by atoms with Gasteiger partial charge < -0.3 is 18.9 Å². The van der Waals surface area contributed by atoms with Gasteiger partial charge in [0.1, 0.15) is 4.32 Å². The van der Waals surface area contributed by atoms with Gasteiger partial charge in [0, 0.05) is 45.8 Å². The van der Waals surface area contributed by atoms with Crippen molar-refractivity contribution in [3.8, 4) is 0 Å². The van der Waals surface area contributed by atoms with Crippen LogP contribution in [0.2, 0.25) is 0 Å². The molecule has 0 N–H and O–H groups in total. The second-order valence-electron chi connectivity index (χ2n) is 8.49. The number of fused-ring (bicyclic) bond motifs is 1. The van der Waals surface area contributed by atoms with E-state index in [0.29, 0.717) is 47.5 Å². The molecule has 7 nitrogen and oxygen atoms in total. The molecule has 2 aliphatic heterocycles. The van der Waals surface area contributed by atoms with E-state index in [0.717, 1.165) is 16.6 Å². The summed E-state index contributed by atoms with van der Waals surface area (Å²) in [5, 5.41) is 0.975. The van der Waals surface area contributed by atoms with Crippen LogP contribution in [0, 0.1) is 0 Å². The van der Waals surface area contributed by atoms with Crippen LogP contribution in [0.5, 0.6) is 0 Å². The predicted octanol–water partition coefficient (Wildman–Crippen LogP) is 3.39. The zero-order valence-corrected chi connectivity index (χ0v) is 21.0. The minimum Gasteiger partial charge on any atom is -0.385 e. The van der Waals surface area contributed by atoms with Crippen molar-refractivity contribution >= 4 is 56.9 Å². The van der Waals surface area contributed by atoms with Gasteiger partial charge in [0.25, 0.3) is 11.5 Å². The number of methoxy groups -OCH3 is 1. The summed E-state index contributed by atoms with van der Waals surface area (Å²) >= 11 is 6.71. The highest BCUT2D eigenvalue weighted by atomic mass is 32.2. The van der Waals surface area contributed by atoms with E-state index in [1.807, 2.05) is 38.1 Å². The predicted molar refractivity (Wildman–Crippen MR) is 138 cm³/mol. The fourth-order valence-corrected chi connectivity index (χ4v) is 5.82. The molecular formula is C24H29N3O4S2. The van der Waals surface area contributed by atoms with Crippen molar-refractivity contribution in [3.63, 3.8) is 0 Å². The van der Waals surface area contributed by atoms with Crippen molar-refractivity contribution in [2.45, 2.75) is 32.5 Å². The lowest BCUT2D eigenvalue weighted by Crippen LogP contribution is -2.46. The van der Waals surface area contributed by atoms with Crippen LogP contribution in [-0.2, 0) is 21.3 Å². The fourth-order valence-electron chi connectivity index (χ4n) is 4.52. The number of aryl methyl sites for hydroxylation is 1. The Morgan fingerprint density at radius 1 is 1.21 bits per heavy atom. The molecule has 1 aromatic carbocycles. The molecule has 0 saturated carbocycles. The first kappa shape index (κ1) is 23.9. The molecular weight excluding hydrogens is 458 g/mol. The van der Waals surface area contributed by atoms with E-state index < -0.39 is 0 Å². The summed E-state index contributed by atoms with van der Waals surface area (Å²) in [6.07, 6.45) is 2.49. The zero-order chi connectivity index (χ0) is 23.7. The van der Waals surface area contributed by atoms with Crippen LogP contribution >= 0.6 is 24.0 Å². The molecule has 9 heteroatoms. The highest BCUT2D eigenvalue weighted by Gasteiger charge is 2.33. The molecule has 3 heterocycles. The maximum absolute atomic E-state index is 13.6. The van der Waals surface area contributed by atoms with Gasteiger partial charge in [0.05, 0.1) is 33.9 Å². The maximum atomic E-state index is 13.6. The number of nitrogens with zero attached hydrogens (tertiary/aromatic N) is 3. The van der Waals surface area contributed by atoms with Crippen LogP contribution in [0.1, 0.15) is 25.8 Å². The van der Waals surface area contributed by atoms with E-state index in [1.54, 1.807) is 29.7 Å². The summed E-state index contributed by atoms with van der Waals surface area (Å²) in [6.45, 7) is 6.46. The van der Waals surface area contributed by atoms with Crippen LogP contribution < -0.4 is 10.5 Å². The molecule has 0 radical (unpaired) electrons. The Bertz CT molecular complexity index is 1170. The van der Waals surface area contributed by atoms with Crippen molar-refractivity contribution in [1.82, 2.24) is 9.47 Å². The second kappa shape index (κ2) is 9.97. The summed E-state index contributed by atoms with van der Waals surface area (Å²) in [6, 6.07) is 7.89. The summed E-state index contributed by atoms with van der Waals surface area (Å²) in [5.41, 5.74) is 2.07. The maximum Gasteiger partial charge on any atom is 0.266 e. The minimum absolute atomic E-state index is 0.0309. The van der Waals surface area contributed by atoms with Crippen LogP contribution in [0.3, 0.4) is 0 Å².